The van der Waals surface area contributed by atoms with Gasteiger partial charge < -0.3 is 28.4 Å². The molecule has 0 N–H and O–H groups in total. The third kappa shape index (κ3) is 10.1. The molecule has 14 heteroatoms. The summed E-state index contributed by atoms with van der Waals surface area (Å²) in [6, 6.07) is 9.12. The van der Waals surface area contributed by atoms with Crippen molar-refractivity contribution in [2.75, 3.05) is 28.4 Å². The molecule has 47 heavy (non-hydrogen) atoms. The lowest BCUT2D eigenvalue weighted by Crippen LogP contribution is -2.28. The van der Waals surface area contributed by atoms with Crippen LogP contribution in [0.4, 0.5) is 9.59 Å². The second-order valence-corrected chi connectivity index (χ2v) is 11.3. The SMILES string of the molecule is COc1ccc(OC)c(C(=O)OOC(=O)OC2CCC(CC3CCC(OC(=O)OOC(=O)c4cc(OC)ccc4OC)CC3)CC2)c1. The van der Waals surface area contributed by atoms with Gasteiger partial charge in [-0.1, -0.05) is 0 Å². The summed E-state index contributed by atoms with van der Waals surface area (Å²) in [5.41, 5.74) is 0.0705. The van der Waals surface area contributed by atoms with E-state index in [1.54, 1.807) is 12.1 Å². The van der Waals surface area contributed by atoms with Crippen LogP contribution >= 0.6 is 0 Å². The molecule has 0 saturated heterocycles. The van der Waals surface area contributed by atoms with Gasteiger partial charge in [-0.25, -0.2) is 29.1 Å². The lowest BCUT2D eigenvalue weighted by molar-refractivity contribution is -0.208. The monoisotopic (exact) mass is 660 g/mol. The molecule has 0 spiro atoms. The van der Waals surface area contributed by atoms with Crippen LogP contribution in [0.2, 0.25) is 0 Å². The van der Waals surface area contributed by atoms with Gasteiger partial charge in [0, 0.05) is 0 Å². The van der Waals surface area contributed by atoms with Gasteiger partial charge in [-0.3, -0.25) is 0 Å². The van der Waals surface area contributed by atoms with E-state index in [9.17, 15) is 19.2 Å². The minimum atomic E-state index is -1.09. The zero-order chi connectivity index (χ0) is 33.8. The number of carbonyl (C=O) groups excluding carboxylic acids is 4. The van der Waals surface area contributed by atoms with E-state index in [0.717, 1.165) is 32.1 Å². The molecule has 0 atom stereocenters. The highest BCUT2D eigenvalue weighted by Gasteiger charge is 2.31. The van der Waals surface area contributed by atoms with Crippen molar-refractivity contribution < 1.29 is 67.1 Å². The lowest BCUT2D eigenvalue weighted by Gasteiger charge is -2.33. The molecule has 0 aliphatic heterocycles. The average Bonchev–Trinajstić information content (AvgIpc) is 3.10. The molecule has 0 heterocycles. The summed E-state index contributed by atoms with van der Waals surface area (Å²) in [6.45, 7) is 0. The first-order chi connectivity index (χ1) is 22.7. The van der Waals surface area contributed by atoms with Crippen LogP contribution in [-0.4, -0.2) is 64.9 Å². The predicted molar refractivity (Wildman–Crippen MR) is 161 cm³/mol. The summed E-state index contributed by atoms with van der Waals surface area (Å²) in [5.74, 6) is 0.395. The Balaban J connectivity index is 1.10. The second-order valence-electron chi connectivity index (χ2n) is 11.3. The fraction of sp³-hybridized carbons (Fsp3) is 0.515. The molecule has 4 rings (SSSR count). The first-order valence-electron chi connectivity index (χ1n) is 15.4. The minimum absolute atomic E-state index is 0.0353. The van der Waals surface area contributed by atoms with Crippen molar-refractivity contribution in [1.29, 1.82) is 0 Å². The Bertz CT molecular complexity index is 1270. The number of hydrogen-bond acceptors (Lipinski definition) is 14. The third-order valence-corrected chi connectivity index (χ3v) is 8.40. The van der Waals surface area contributed by atoms with Crippen LogP contribution in [0.1, 0.15) is 78.5 Å². The highest BCUT2D eigenvalue weighted by Crippen LogP contribution is 2.37. The van der Waals surface area contributed by atoms with E-state index < -0.39 is 24.2 Å². The molecule has 0 aromatic heterocycles. The number of benzene rings is 2. The smallest absolute Gasteiger partial charge is 0.497 e. The molecule has 0 radical (unpaired) electrons. The first kappa shape index (κ1) is 35.0. The Kier molecular flexibility index (Phi) is 12.8. The summed E-state index contributed by atoms with van der Waals surface area (Å²) >= 11 is 0. The molecule has 0 bridgehead atoms. The fourth-order valence-electron chi connectivity index (χ4n) is 5.93. The van der Waals surface area contributed by atoms with Gasteiger partial charge in [0.2, 0.25) is 0 Å². The first-order valence-corrected chi connectivity index (χ1v) is 15.4. The highest BCUT2D eigenvalue weighted by molar-refractivity contribution is 5.93. The van der Waals surface area contributed by atoms with Gasteiger partial charge in [-0.15, -0.1) is 0 Å². The van der Waals surface area contributed by atoms with Crippen LogP contribution in [0, 0.1) is 11.8 Å². The minimum Gasteiger partial charge on any atom is -0.497 e. The van der Waals surface area contributed by atoms with E-state index in [1.807, 2.05) is 0 Å². The highest BCUT2D eigenvalue weighted by atomic mass is 17.2. The summed E-state index contributed by atoms with van der Waals surface area (Å²) < 4.78 is 31.2. The lowest BCUT2D eigenvalue weighted by atomic mass is 9.76. The maximum absolute atomic E-state index is 12.4. The van der Waals surface area contributed by atoms with Gasteiger partial charge >= 0.3 is 24.2 Å². The molecule has 2 saturated carbocycles. The summed E-state index contributed by atoms with van der Waals surface area (Å²) in [6.07, 6.45) is 4.37. The average molecular weight is 661 g/mol. The predicted octanol–water partition coefficient (Wildman–Crippen LogP) is 6.38. The molecule has 0 unspecified atom stereocenters. The van der Waals surface area contributed by atoms with Crippen molar-refractivity contribution in [2.24, 2.45) is 11.8 Å². The molecule has 256 valence electrons. The van der Waals surface area contributed by atoms with Gasteiger partial charge in [0.1, 0.15) is 46.3 Å². The van der Waals surface area contributed by atoms with Gasteiger partial charge in [-0.05, 0) is 106 Å². The van der Waals surface area contributed by atoms with E-state index in [0.29, 0.717) is 49.0 Å². The van der Waals surface area contributed by atoms with Crippen LogP contribution in [0.3, 0.4) is 0 Å². The van der Waals surface area contributed by atoms with Crippen molar-refractivity contribution in [3.63, 3.8) is 0 Å². The topological polar surface area (TPSA) is 161 Å². The zero-order valence-electron chi connectivity index (χ0n) is 26.9. The van der Waals surface area contributed by atoms with Crippen LogP contribution in [0.5, 0.6) is 23.0 Å². The van der Waals surface area contributed by atoms with Gasteiger partial charge in [-0.2, -0.15) is 9.59 Å². The number of rotatable bonds is 10. The largest absolute Gasteiger partial charge is 0.550 e. The Morgan fingerprint density at radius 3 is 1.26 bits per heavy atom. The Morgan fingerprint density at radius 2 is 0.915 bits per heavy atom. The molecule has 2 fully saturated rings. The molecule has 2 aliphatic rings. The van der Waals surface area contributed by atoms with Crippen molar-refractivity contribution in [3.8, 4) is 23.0 Å². The number of hydrogen-bond donors (Lipinski definition) is 0. The number of ether oxygens (including phenoxy) is 6. The van der Waals surface area contributed by atoms with Crippen molar-refractivity contribution >= 4 is 24.2 Å². The van der Waals surface area contributed by atoms with Gasteiger partial charge in [0.15, 0.2) is 0 Å². The Hall–Kier alpha value is -4.88. The summed E-state index contributed by atoms with van der Waals surface area (Å²) in [5, 5.41) is 0. The molecule has 2 aromatic rings. The quantitative estimate of drug-likeness (QED) is 0.157. The maximum atomic E-state index is 12.4. The zero-order valence-corrected chi connectivity index (χ0v) is 26.9. The molecule has 2 aromatic carbocycles. The number of carbonyl (C=O) groups is 4. The third-order valence-electron chi connectivity index (χ3n) is 8.40. The molecule has 0 amide bonds. The fourth-order valence-corrected chi connectivity index (χ4v) is 5.93. The second kappa shape index (κ2) is 17.2. The maximum Gasteiger partial charge on any atom is 0.550 e. The van der Waals surface area contributed by atoms with Crippen molar-refractivity contribution in [2.45, 2.75) is 70.0 Å². The van der Waals surface area contributed by atoms with E-state index in [-0.39, 0.29) is 34.8 Å². The van der Waals surface area contributed by atoms with Crippen LogP contribution in [0.15, 0.2) is 36.4 Å². The van der Waals surface area contributed by atoms with Crippen LogP contribution in [0.25, 0.3) is 0 Å². The van der Waals surface area contributed by atoms with E-state index in [1.165, 1.54) is 52.7 Å². The van der Waals surface area contributed by atoms with Crippen LogP contribution < -0.4 is 18.9 Å². The van der Waals surface area contributed by atoms with Crippen molar-refractivity contribution in [1.82, 2.24) is 0 Å². The van der Waals surface area contributed by atoms with Crippen molar-refractivity contribution in [3.05, 3.63) is 47.5 Å². The van der Waals surface area contributed by atoms with Crippen LogP contribution in [-0.2, 0) is 29.0 Å². The van der Waals surface area contributed by atoms with E-state index in [2.05, 4.69) is 19.6 Å². The molecule has 14 nitrogen and oxygen atoms in total. The summed E-state index contributed by atoms with van der Waals surface area (Å²) in [4.78, 5) is 67.6. The Labute approximate surface area is 272 Å². The van der Waals surface area contributed by atoms with Gasteiger partial charge in [0.05, 0.1) is 28.4 Å². The van der Waals surface area contributed by atoms with E-state index in [4.69, 9.17) is 28.4 Å². The normalized spacial score (nSPS) is 20.5. The summed E-state index contributed by atoms with van der Waals surface area (Å²) in [7, 11) is 5.70. The van der Waals surface area contributed by atoms with E-state index >= 15 is 0 Å². The van der Waals surface area contributed by atoms with Gasteiger partial charge in [0.25, 0.3) is 0 Å². The molecular formula is C33H40O14. The standard InChI is InChI=1S/C33H40O14/c1-38-24-13-15-28(40-3)26(18-24)30(34)44-46-32(36)42-22-9-5-20(6-10-22)17-21-7-11-23(12-8-21)43-33(37)47-45-31(35)27-19-25(39-2)14-16-29(27)41-4/h13-16,18-23H,5-12,17H2,1-4H3. The number of methoxy groups -OCH3 is 4. The molecular weight excluding hydrogens is 620 g/mol. The Morgan fingerprint density at radius 1 is 0.532 bits per heavy atom. The molecule has 2 aliphatic carbocycles.